The van der Waals surface area contributed by atoms with Crippen LogP contribution in [0.4, 0.5) is 0 Å². The number of hydrogen-bond donors (Lipinski definition) is 0. The molecule has 0 heterocycles. The molecule has 0 saturated carbocycles. The van der Waals surface area contributed by atoms with Gasteiger partial charge in [-0.1, -0.05) is 0 Å². The average Bonchev–Trinajstić information content (AvgIpc) is 1.00. The van der Waals surface area contributed by atoms with Crippen LogP contribution in [0.5, 0.6) is 0 Å². The zero-order valence-electron chi connectivity index (χ0n) is 2.63. The average molecular weight is 335 g/mol. The molecule has 0 aromatic heterocycles. The van der Waals surface area contributed by atoms with Crippen molar-refractivity contribution in [1.29, 1.82) is 0 Å². The molecule has 0 aliphatic rings. The van der Waals surface area contributed by atoms with Gasteiger partial charge in [0.1, 0.15) is 0 Å². The van der Waals surface area contributed by atoms with Crippen LogP contribution in [0, 0.1) is 0 Å². The van der Waals surface area contributed by atoms with E-state index in [2.05, 4.69) is 0 Å². The van der Waals surface area contributed by atoms with E-state index in [1.807, 2.05) is 25.7 Å². The standard InChI is InChI=1S/CH3.3BrH.H4Si.Ti/h1H3;3*1H;1H4;/q;;;;;+3/p-3. The maximum Gasteiger partial charge on any atom is -0.0149 e. The monoisotopic (exact) mass is 332 g/mol. The van der Waals surface area contributed by atoms with Gasteiger partial charge in [0.15, 0.2) is 0 Å². The topological polar surface area (TPSA) is 0 Å². The normalized spacial score (nSPS) is 1.17. The molecule has 40 valence electrons. The van der Waals surface area contributed by atoms with E-state index in [1.165, 1.54) is 0 Å². The summed E-state index contributed by atoms with van der Waals surface area (Å²) in [5.41, 5.74) is 0. The van der Waals surface area contributed by atoms with E-state index < -0.39 is 0 Å². The predicted octanol–water partition coefficient (Wildman–Crippen LogP) is -9.86. The van der Waals surface area contributed by atoms with Crippen LogP contribution in [0.25, 0.3) is 0 Å². The molecule has 0 unspecified atom stereocenters. The molecule has 0 spiro atoms. The molecular formula is CH7Br3SiTi. The Hall–Kier alpha value is 2.37. The van der Waals surface area contributed by atoms with Crippen LogP contribution in [-0.2, 0) is 20.4 Å². The summed E-state index contributed by atoms with van der Waals surface area (Å²) in [6.07, 6.45) is 0. The van der Waals surface area contributed by atoms with Crippen molar-refractivity contribution in [2.24, 2.45) is 0 Å². The van der Waals surface area contributed by atoms with Crippen molar-refractivity contribution in [3.05, 3.63) is 0 Å². The molecule has 0 fully saturated rings. The van der Waals surface area contributed by atoms with Gasteiger partial charge < -0.3 is 50.9 Å². The van der Waals surface area contributed by atoms with Gasteiger partial charge in [0.25, 0.3) is 0 Å². The molecule has 0 amide bonds. The van der Waals surface area contributed by atoms with E-state index >= 15 is 0 Å². The van der Waals surface area contributed by atoms with Crippen LogP contribution in [0.2, 0.25) is 5.23 Å². The van der Waals surface area contributed by atoms with Gasteiger partial charge in [0.2, 0.25) is 0 Å². The Balaban J connectivity index is -0.000000000833. The van der Waals surface area contributed by atoms with Gasteiger partial charge in [-0.15, -0.1) is 0 Å². The molecule has 6 heavy (non-hydrogen) atoms. The third-order valence-electron chi connectivity index (χ3n) is 0. The molecule has 5 heteroatoms. The van der Waals surface area contributed by atoms with Gasteiger partial charge in [-0.2, -0.15) is 0 Å². The molecule has 0 atom stereocenters. The largest absolute Gasteiger partial charge is 0.0149 e. The first kappa shape index (κ1) is 40.0. The first-order valence-corrected chi connectivity index (χ1v) is 2.06. The summed E-state index contributed by atoms with van der Waals surface area (Å²) >= 11 is 2.00. The van der Waals surface area contributed by atoms with Gasteiger partial charge in [-0.25, -0.2) is 0 Å². The summed E-state index contributed by atoms with van der Waals surface area (Å²) in [7, 11) is 0. The van der Waals surface area contributed by atoms with Crippen LogP contribution in [0.1, 0.15) is 0 Å². The summed E-state index contributed by atoms with van der Waals surface area (Å²) in [5.74, 6) is 0. The van der Waals surface area contributed by atoms with Crippen LogP contribution < -0.4 is 50.9 Å². The Morgan fingerprint density at radius 2 is 0.833 bits per heavy atom. The predicted molar refractivity (Wildman–Crippen MR) is 17.2 cm³/mol. The minimum absolute atomic E-state index is 0. The molecule has 0 aromatic carbocycles. The third kappa shape index (κ3) is 32.7. The number of halogens is 3. The van der Waals surface area contributed by atoms with Gasteiger partial charge in [0, 0.05) is 0 Å². The van der Waals surface area contributed by atoms with Gasteiger partial charge in [0.05, 0.1) is 0 Å². The van der Waals surface area contributed by atoms with Crippen molar-refractivity contribution in [2.45, 2.75) is 5.23 Å². The molecule has 0 N–H and O–H groups in total. The Kier molecular flexibility index (Phi) is 355. The van der Waals surface area contributed by atoms with Crippen LogP contribution in [0.3, 0.4) is 0 Å². The number of rotatable bonds is 0. The zero-order valence-corrected chi connectivity index (χ0v) is 8.95. The second kappa shape index (κ2) is 53.2. The van der Waals surface area contributed by atoms with E-state index in [4.69, 9.17) is 0 Å². The van der Waals surface area contributed by atoms with E-state index in [0.717, 1.165) is 0 Å². The number of hydrogen-bond acceptors (Lipinski definition) is 0. The molecule has 0 aliphatic carbocycles. The molecule has 0 aliphatic heterocycles. The Morgan fingerprint density at radius 1 is 0.833 bits per heavy atom. The second-order valence-electron chi connectivity index (χ2n) is 0. The van der Waals surface area contributed by atoms with Crippen molar-refractivity contribution < 1.29 is 71.4 Å². The smallest absolute Gasteiger partial charge is 0.0149 e. The van der Waals surface area contributed by atoms with Crippen molar-refractivity contribution in [3.8, 4) is 0 Å². The van der Waals surface area contributed by atoms with Gasteiger partial charge in [-0.3, -0.25) is 0 Å². The van der Waals surface area contributed by atoms with E-state index in [9.17, 15) is 0 Å². The third-order valence-corrected chi connectivity index (χ3v) is 0. The Labute approximate surface area is 86.6 Å². The molecular weight excluding hydrogens is 328 g/mol. The van der Waals surface area contributed by atoms with Crippen LogP contribution >= 0.6 is 0 Å². The SMILES string of the molecule is [Br-].[Br-].[Br-].[CH3][Ti+3].[SiH4]. The van der Waals surface area contributed by atoms with Crippen molar-refractivity contribution in [2.75, 3.05) is 0 Å². The first-order valence-electron chi connectivity index (χ1n) is 0.500. The molecule has 0 radical (unpaired) electrons. The Bertz CT molecular complexity index is 10.8. The summed E-state index contributed by atoms with van der Waals surface area (Å²) in [5, 5.41) is 2.00. The maximum atomic E-state index is 2.00. The van der Waals surface area contributed by atoms with Crippen LogP contribution in [0.15, 0.2) is 0 Å². The fraction of sp³-hybridized carbons (Fsp3) is 1.00. The molecule has 0 nitrogen and oxygen atoms in total. The van der Waals surface area contributed by atoms with Crippen molar-refractivity contribution in [3.63, 3.8) is 0 Å². The molecule has 0 rings (SSSR count). The van der Waals surface area contributed by atoms with Crippen molar-refractivity contribution >= 4 is 11.0 Å². The molecule has 0 aromatic rings. The quantitative estimate of drug-likeness (QED) is 0.386. The van der Waals surface area contributed by atoms with E-state index in [-0.39, 0.29) is 61.9 Å². The second-order valence-corrected chi connectivity index (χ2v) is 0. The Morgan fingerprint density at radius 3 is 0.833 bits per heavy atom. The maximum absolute atomic E-state index is 2.00. The van der Waals surface area contributed by atoms with Gasteiger partial charge >= 0.3 is 25.7 Å². The minimum Gasteiger partial charge on any atom is -0.0149 e. The van der Waals surface area contributed by atoms with E-state index in [0.29, 0.717) is 0 Å². The first-order chi connectivity index (χ1) is 1.00. The molecule has 0 saturated heterocycles. The summed E-state index contributed by atoms with van der Waals surface area (Å²) in [6, 6.07) is 0. The summed E-state index contributed by atoms with van der Waals surface area (Å²) < 4.78 is 0. The summed E-state index contributed by atoms with van der Waals surface area (Å²) in [6.45, 7) is 0. The fourth-order valence-electron chi connectivity index (χ4n) is 0. The van der Waals surface area contributed by atoms with Crippen LogP contribution in [-0.4, -0.2) is 11.0 Å². The van der Waals surface area contributed by atoms with E-state index in [1.54, 1.807) is 0 Å². The fourth-order valence-corrected chi connectivity index (χ4v) is 0. The molecule has 0 bridgehead atoms. The van der Waals surface area contributed by atoms with Gasteiger partial charge in [-0.05, 0) is 11.0 Å². The minimum atomic E-state index is 0. The van der Waals surface area contributed by atoms with Crippen molar-refractivity contribution in [1.82, 2.24) is 0 Å². The zero-order chi connectivity index (χ0) is 2.00. The summed E-state index contributed by atoms with van der Waals surface area (Å²) in [4.78, 5) is 0.